The van der Waals surface area contributed by atoms with Crippen LogP contribution in [0, 0.1) is 0 Å². The summed E-state index contributed by atoms with van der Waals surface area (Å²) in [7, 11) is 1.60. The number of aliphatic hydroxyl groups excluding tert-OH is 1. The Hall–Kier alpha value is -2.32. The number of unbranched alkanes of at least 4 members (excludes halogenated alkanes) is 37. The van der Waals surface area contributed by atoms with Crippen LogP contribution < -0.4 is 5.32 Å². The van der Waals surface area contributed by atoms with Crippen LogP contribution in [0.2, 0.25) is 0 Å². The number of carbonyl (C=O) groups is 1. The number of rotatable bonds is 64. The van der Waals surface area contributed by atoms with Gasteiger partial charge in [-0.25, -0.2) is 4.57 Å². The van der Waals surface area contributed by atoms with Crippen LogP contribution in [0.4, 0.5) is 0 Å². The van der Waals surface area contributed by atoms with Gasteiger partial charge in [0.1, 0.15) is 13.2 Å². The number of allylic oxidation sites excluding steroid dienone is 14. The van der Waals surface area contributed by atoms with Crippen molar-refractivity contribution in [3.05, 3.63) is 85.1 Å². The van der Waals surface area contributed by atoms with Gasteiger partial charge in [0, 0.05) is 6.42 Å². The number of amides is 1. The molecule has 9 heteroatoms. The highest BCUT2D eigenvalue weighted by molar-refractivity contribution is 7.47. The smallest absolute Gasteiger partial charge is 0.391 e. The van der Waals surface area contributed by atoms with Crippen molar-refractivity contribution in [3.63, 3.8) is 0 Å². The number of nitrogens with one attached hydrogen (secondary N) is 1. The van der Waals surface area contributed by atoms with Gasteiger partial charge in [0.2, 0.25) is 5.91 Å². The molecule has 0 spiro atoms. The summed E-state index contributed by atoms with van der Waals surface area (Å²) in [6, 6.07) is -0.780. The molecule has 1 amide bonds. The average molecular weight is 1170 g/mol. The number of phosphoric ester groups is 1. The summed E-state index contributed by atoms with van der Waals surface area (Å²) in [5.74, 6) is -0.162. The number of quaternary nitrogens is 1. The Bertz CT molecular complexity index is 1610. The number of hydrogen-bond donors (Lipinski definition) is 3. The summed E-state index contributed by atoms with van der Waals surface area (Å²) in [6.07, 6.45) is 89.7. The lowest BCUT2D eigenvalue weighted by Crippen LogP contribution is -2.46. The highest BCUT2D eigenvalue weighted by Gasteiger charge is 2.28. The summed E-state index contributed by atoms with van der Waals surface area (Å²) in [4.78, 5) is 23.4. The van der Waals surface area contributed by atoms with Gasteiger partial charge in [0.05, 0.1) is 39.9 Å². The third kappa shape index (κ3) is 65.2. The first-order chi connectivity index (χ1) is 40.0. The van der Waals surface area contributed by atoms with E-state index in [0.717, 1.165) is 103 Å². The van der Waals surface area contributed by atoms with Gasteiger partial charge in [-0.15, -0.1) is 0 Å². The van der Waals surface area contributed by atoms with Gasteiger partial charge in [0.15, 0.2) is 0 Å². The number of phosphoric acid groups is 1. The number of nitrogens with zero attached hydrogens (tertiary/aromatic N) is 1. The van der Waals surface area contributed by atoms with Crippen LogP contribution in [0.3, 0.4) is 0 Å². The normalized spacial score (nSPS) is 14.2. The lowest BCUT2D eigenvalue weighted by Gasteiger charge is -2.26. The van der Waals surface area contributed by atoms with Crippen molar-refractivity contribution in [1.82, 2.24) is 5.32 Å². The van der Waals surface area contributed by atoms with E-state index in [-0.39, 0.29) is 19.1 Å². The van der Waals surface area contributed by atoms with Gasteiger partial charge >= 0.3 is 7.82 Å². The Labute approximate surface area is 509 Å². The molecule has 82 heavy (non-hydrogen) atoms. The largest absolute Gasteiger partial charge is 0.472 e. The van der Waals surface area contributed by atoms with E-state index in [1.807, 2.05) is 21.1 Å². The van der Waals surface area contributed by atoms with Crippen LogP contribution in [-0.4, -0.2) is 73.4 Å². The Morgan fingerprint density at radius 1 is 0.427 bits per heavy atom. The van der Waals surface area contributed by atoms with Crippen LogP contribution in [0.1, 0.15) is 322 Å². The maximum absolute atomic E-state index is 13.1. The van der Waals surface area contributed by atoms with E-state index in [4.69, 9.17) is 9.05 Å². The second-order valence-electron chi connectivity index (χ2n) is 24.9. The molecule has 8 nitrogen and oxygen atoms in total. The third-order valence-corrected chi connectivity index (χ3v) is 16.6. The molecule has 0 aromatic carbocycles. The van der Waals surface area contributed by atoms with Gasteiger partial charge < -0.3 is 19.8 Å². The van der Waals surface area contributed by atoms with E-state index >= 15 is 0 Å². The maximum atomic E-state index is 13.1. The minimum atomic E-state index is -4.34. The average Bonchev–Trinajstić information content (AvgIpc) is 3.45. The van der Waals surface area contributed by atoms with E-state index in [1.54, 1.807) is 0 Å². The van der Waals surface area contributed by atoms with Crippen molar-refractivity contribution >= 4 is 13.7 Å². The highest BCUT2D eigenvalue weighted by atomic mass is 31.2. The molecule has 0 aliphatic rings. The fourth-order valence-electron chi connectivity index (χ4n) is 10.3. The summed E-state index contributed by atoms with van der Waals surface area (Å²) < 4.78 is 23.9. The number of aliphatic hydroxyl groups is 1. The fourth-order valence-corrected chi connectivity index (χ4v) is 11.0. The molecular formula is C73H136N2O6P+. The summed E-state index contributed by atoms with van der Waals surface area (Å²) in [5, 5.41) is 14.1. The summed E-state index contributed by atoms with van der Waals surface area (Å²) in [5.41, 5.74) is 0. The van der Waals surface area contributed by atoms with Gasteiger partial charge in [-0.2, -0.15) is 0 Å². The standard InChI is InChI=1S/C73H135N2O6P/c1-6-8-10-12-14-16-18-20-22-24-26-28-30-32-34-35-36-37-38-39-41-42-44-46-48-50-52-54-56-58-60-62-64-66-72(76)71(70-81-82(78,79)80-69-68-75(3,4)5)74-73(77)67-65-63-61-59-57-55-53-51-49-47-45-43-40-33-31-29-27-25-23-21-19-17-15-13-11-9-7-2/h9,11,15,17,21,23,27,29,33,40,45,47,51,53,71-72,76H,6-8,10,12-14,16,18-20,22,24-26,28,30-32,34-39,41-44,46,48-50,52,54-70H2,1-5H3,(H-,74,77,78,79)/p+1/b11-9-,17-15-,23-21-,29-27-,40-33-,47-45-,53-51-. The van der Waals surface area contributed by atoms with Crippen molar-refractivity contribution in [3.8, 4) is 0 Å². The van der Waals surface area contributed by atoms with E-state index in [1.165, 1.54) is 193 Å². The topological polar surface area (TPSA) is 105 Å². The zero-order valence-corrected chi connectivity index (χ0v) is 55.6. The zero-order chi connectivity index (χ0) is 59.8. The Balaban J connectivity index is 4.08. The number of hydrogen-bond acceptors (Lipinski definition) is 5. The highest BCUT2D eigenvalue weighted by Crippen LogP contribution is 2.43. The quantitative estimate of drug-likeness (QED) is 0.0243. The van der Waals surface area contributed by atoms with E-state index in [0.29, 0.717) is 23.9 Å². The zero-order valence-electron chi connectivity index (χ0n) is 54.7. The fraction of sp³-hybridized carbons (Fsp3) is 0.795. The molecule has 0 aromatic rings. The molecule has 0 bridgehead atoms. The Morgan fingerprint density at radius 3 is 1.07 bits per heavy atom. The molecule has 0 radical (unpaired) electrons. The molecule has 3 unspecified atom stereocenters. The Morgan fingerprint density at radius 2 is 0.732 bits per heavy atom. The predicted molar refractivity (Wildman–Crippen MR) is 360 cm³/mol. The van der Waals surface area contributed by atoms with Crippen LogP contribution in [0.15, 0.2) is 85.1 Å². The first kappa shape index (κ1) is 79.7. The van der Waals surface area contributed by atoms with Gasteiger partial charge in [-0.1, -0.05) is 330 Å². The first-order valence-electron chi connectivity index (χ1n) is 35.0. The summed E-state index contributed by atoms with van der Waals surface area (Å²) >= 11 is 0. The number of likely N-dealkylation sites (N-methyl/N-ethyl adjacent to an activating group) is 1. The predicted octanol–water partition coefficient (Wildman–Crippen LogP) is 22.3. The molecule has 0 aliphatic heterocycles. The van der Waals surface area contributed by atoms with E-state index < -0.39 is 20.0 Å². The van der Waals surface area contributed by atoms with Crippen molar-refractivity contribution in [2.45, 2.75) is 334 Å². The van der Waals surface area contributed by atoms with Gasteiger partial charge in [0.25, 0.3) is 0 Å². The molecule has 0 saturated carbocycles. The minimum Gasteiger partial charge on any atom is -0.391 e. The van der Waals surface area contributed by atoms with Crippen LogP contribution in [-0.2, 0) is 18.4 Å². The van der Waals surface area contributed by atoms with Gasteiger partial charge in [-0.05, 0) is 70.6 Å². The SMILES string of the molecule is CC/C=C\C/C=C\C/C=C\C/C=C\C/C=C\C/C=C\C/C=C\CCCCCCCC(=O)NC(COP(=O)(O)OCC[N+](C)(C)C)C(O)CCCCCCCCCCCCCCCCCCCCCCCCCCCCCCCCCCC. The molecule has 3 N–H and O–H groups in total. The lowest BCUT2D eigenvalue weighted by atomic mass is 10.0. The second-order valence-corrected chi connectivity index (χ2v) is 26.3. The molecule has 0 aromatic heterocycles. The number of carbonyl (C=O) groups excluding carboxylic acids is 1. The van der Waals surface area contributed by atoms with Crippen molar-refractivity contribution in [2.75, 3.05) is 40.9 Å². The van der Waals surface area contributed by atoms with Crippen LogP contribution in [0.5, 0.6) is 0 Å². The summed E-state index contributed by atoms with van der Waals surface area (Å²) in [6.45, 7) is 4.79. The molecule has 0 heterocycles. The third-order valence-electron chi connectivity index (χ3n) is 15.7. The Kier molecular flexibility index (Phi) is 61.4. The molecule has 0 saturated heterocycles. The van der Waals surface area contributed by atoms with Crippen molar-refractivity contribution in [1.29, 1.82) is 0 Å². The minimum absolute atomic E-state index is 0.0666. The molecule has 3 atom stereocenters. The molecule has 0 rings (SSSR count). The maximum Gasteiger partial charge on any atom is 0.472 e. The molecule has 0 fully saturated rings. The first-order valence-corrected chi connectivity index (χ1v) is 36.4. The second kappa shape index (κ2) is 63.2. The van der Waals surface area contributed by atoms with Crippen molar-refractivity contribution in [2.24, 2.45) is 0 Å². The molecule has 478 valence electrons. The molecular weight excluding hydrogens is 1030 g/mol. The van der Waals surface area contributed by atoms with Crippen molar-refractivity contribution < 1.29 is 32.9 Å². The van der Waals surface area contributed by atoms with Gasteiger partial charge in [-0.3, -0.25) is 13.8 Å². The van der Waals surface area contributed by atoms with E-state index in [2.05, 4.69) is 104 Å². The van der Waals surface area contributed by atoms with E-state index in [9.17, 15) is 19.4 Å². The monoisotopic (exact) mass is 1170 g/mol. The van der Waals surface area contributed by atoms with Crippen LogP contribution >= 0.6 is 7.82 Å². The lowest BCUT2D eigenvalue weighted by molar-refractivity contribution is -0.870. The van der Waals surface area contributed by atoms with Crippen LogP contribution in [0.25, 0.3) is 0 Å². The molecule has 0 aliphatic carbocycles.